The molecule has 0 aliphatic carbocycles. The lowest BCUT2D eigenvalue weighted by molar-refractivity contribution is -0.133. The lowest BCUT2D eigenvalue weighted by Gasteiger charge is -2.20. The second-order valence-electron chi connectivity index (χ2n) is 7.48. The zero-order chi connectivity index (χ0) is 21.7. The van der Waals surface area contributed by atoms with Gasteiger partial charge in [0.25, 0.3) is 11.8 Å². The summed E-state index contributed by atoms with van der Waals surface area (Å²) < 4.78 is 26.5. The maximum Gasteiger partial charge on any atom is 0.273 e. The molecule has 162 valence electrons. The van der Waals surface area contributed by atoms with Crippen molar-refractivity contribution in [1.82, 2.24) is 25.2 Å². The number of unbranched alkanes of at least 4 members (excludes halogenated alkanes) is 1. The number of hydrogen-bond donors (Lipinski definition) is 2. The van der Waals surface area contributed by atoms with Crippen LogP contribution >= 0.6 is 0 Å². The van der Waals surface area contributed by atoms with Gasteiger partial charge in [-0.2, -0.15) is 9.90 Å². The molecule has 2 heterocycles. The molecule has 1 atom stereocenters. The van der Waals surface area contributed by atoms with Crippen LogP contribution in [0.15, 0.2) is 30.3 Å². The van der Waals surface area contributed by atoms with Crippen LogP contribution in [0.2, 0.25) is 0 Å². The lowest BCUT2D eigenvalue weighted by atomic mass is 10.1. The number of amides is 2. The van der Waals surface area contributed by atoms with E-state index in [2.05, 4.69) is 15.5 Å². The Balaban J connectivity index is 1.40. The summed E-state index contributed by atoms with van der Waals surface area (Å²) in [6, 6.07) is 8.48. The van der Waals surface area contributed by atoms with E-state index in [-0.39, 0.29) is 24.6 Å². The third-order valence-electron chi connectivity index (χ3n) is 5.01. The minimum atomic E-state index is -2.82. The van der Waals surface area contributed by atoms with Gasteiger partial charge in [0.2, 0.25) is 5.91 Å². The number of carbonyl (C=O) groups is 2. The molecule has 1 aromatic carbocycles. The molecule has 3 N–H and O–H groups in total. The highest BCUT2D eigenvalue weighted by Gasteiger charge is 2.41. The third kappa shape index (κ3) is 5.38. The maximum atomic E-state index is 13.2. The van der Waals surface area contributed by atoms with Crippen LogP contribution < -0.4 is 11.1 Å². The first-order valence-corrected chi connectivity index (χ1v) is 9.96. The van der Waals surface area contributed by atoms with Crippen LogP contribution in [0.1, 0.15) is 41.9 Å². The highest BCUT2D eigenvalue weighted by atomic mass is 19.3. The normalized spacial score (nSPS) is 16.5. The first-order valence-electron chi connectivity index (χ1n) is 9.96. The first-order chi connectivity index (χ1) is 14.3. The Hall–Kier alpha value is -2.88. The molecular weight excluding hydrogens is 394 g/mol. The van der Waals surface area contributed by atoms with Crippen molar-refractivity contribution >= 4 is 11.8 Å². The van der Waals surface area contributed by atoms with Crippen molar-refractivity contribution in [2.24, 2.45) is 5.73 Å². The largest absolute Gasteiger partial charge is 0.351 e. The van der Waals surface area contributed by atoms with E-state index < -0.39 is 24.4 Å². The number of para-hydroxylation sites is 1. The van der Waals surface area contributed by atoms with Crippen molar-refractivity contribution in [3.63, 3.8) is 0 Å². The van der Waals surface area contributed by atoms with Crippen molar-refractivity contribution in [2.75, 3.05) is 19.6 Å². The summed E-state index contributed by atoms with van der Waals surface area (Å²) in [6.07, 6.45) is 1.26. The predicted molar refractivity (Wildman–Crippen MR) is 106 cm³/mol. The molecule has 0 unspecified atom stereocenters. The fourth-order valence-electron chi connectivity index (χ4n) is 3.32. The average molecular weight is 420 g/mol. The average Bonchev–Trinajstić information content (AvgIpc) is 3.29. The molecule has 2 amide bonds. The number of carbonyl (C=O) groups excluding carboxylic acids is 2. The molecule has 1 aliphatic heterocycles. The molecular formula is C20H26F2N6O2. The number of halogens is 2. The van der Waals surface area contributed by atoms with E-state index in [0.29, 0.717) is 31.5 Å². The van der Waals surface area contributed by atoms with Crippen molar-refractivity contribution in [3.8, 4) is 5.69 Å². The summed E-state index contributed by atoms with van der Waals surface area (Å²) in [4.78, 5) is 27.0. The lowest BCUT2D eigenvalue weighted by Crippen LogP contribution is -2.43. The Morgan fingerprint density at radius 2 is 1.97 bits per heavy atom. The van der Waals surface area contributed by atoms with Crippen LogP contribution in [0.3, 0.4) is 0 Å². The standard InChI is InChI=1S/C20H26F2N6O2/c1-14-17(26-28(25-14)15-7-3-2-4-8-15)18(29)24-11-6-5-9-16(23)19(30)27-12-10-20(21,22)13-27/h2-4,7-8,16H,5-6,9-13,23H2,1H3,(H,24,29)/t16-/m0/s1. The van der Waals surface area contributed by atoms with E-state index in [1.807, 2.05) is 30.3 Å². The van der Waals surface area contributed by atoms with E-state index in [1.54, 1.807) is 6.92 Å². The molecule has 1 aliphatic rings. The zero-order valence-electron chi connectivity index (χ0n) is 16.9. The highest BCUT2D eigenvalue weighted by molar-refractivity contribution is 5.93. The van der Waals surface area contributed by atoms with E-state index >= 15 is 0 Å². The van der Waals surface area contributed by atoms with Crippen LogP contribution in [0, 0.1) is 6.92 Å². The molecule has 30 heavy (non-hydrogen) atoms. The predicted octanol–water partition coefficient (Wildman–Crippen LogP) is 1.67. The van der Waals surface area contributed by atoms with Gasteiger partial charge in [0.1, 0.15) is 0 Å². The Bertz CT molecular complexity index is 887. The number of rotatable bonds is 8. The van der Waals surface area contributed by atoms with Gasteiger partial charge in [-0.25, -0.2) is 8.78 Å². The topological polar surface area (TPSA) is 106 Å². The van der Waals surface area contributed by atoms with Gasteiger partial charge in [-0.1, -0.05) is 18.2 Å². The number of benzene rings is 1. The third-order valence-corrected chi connectivity index (χ3v) is 5.01. The highest BCUT2D eigenvalue weighted by Crippen LogP contribution is 2.27. The quantitative estimate of drug-likeness (QED) is 0.632. The van der Waals surface area contributed by atoms with Gasteiger partial charge in [-0.3, -0.25) is 9.59 Å². The molecule has 1 saturated heterocycles. The Kier molecular flexibility index (Phi) is 6.76. The summed E-state index contributed by atoms with van der Waals surface area (Å²) in [6.45, 7) is 1.59. The number of aryl methyl sites for hydroxylation is 1. The molecule has 3 rings (SSSR count). The summed E-state index contributed by atoms with van der Waals surface area (Å²) in [5, 5.41) is 11.3. The van der Waals surface area contributed by atoms with Gasteiger partial charge < -0.3 is 16.0 Å². The van der Waals surface area contributed by atoms with Crippen LogP contribution in [-0.2, 0) is 4.79 Å². The van der Waals surface area contributed by atoms with Gasteiger partial charge in [0, 0.05) is 19.5 Å². The molecule has 8 nitrogen and oxygen atoms in total. The van der Waals surface area contributed by atoms with Crippen LogP contribution in [0.25, 0.3) is 5.69 Å². The van der Waals surface area contributed by atoms with Gasteiger partial charge in [0.05, 0.1) is 24.0 Å². The molecule has 1 fully saturated rings. The number of nitrogens with zero attached hydrogens (tertiary/aromatic N) is 4. The monoisotopic (exact) mass is 420 g/mol. The van der Waals surface area contributed by atoms with Gasteiger partial charge in [-0.15, -0.1) is 5.10 Å². The number of likely N-dealkylation sites (tertiary alicyclic amines) is 1. The minimum Gasteiger partial charge on any atom is -0.351 e. The molecule has 2 aromatic rings. The fraction of sp³-hybridized carbons (Fsp3) is 0.500. The van der Waals surface area contributed by atoms with Crippen LogP contribution in [-0.4, -0.2) is 63.3 Å². The van der Waals surface area contributed by atoms with E-state index in [9.17, 15) is 18.4 Å². The number of alkyl halides is 2. The maximum absolute atomic E-state index is 13.2. The van der Waals surface area contributed by atoms with E-state index in [0.717, 1.165) is 10.6 Å². The Morgan fingerprint density at radius 1 is 1.23 bits per heavy atom. The first kappa shape index (κ1) is 21.8. The van der Waals surface area contributed by atoms with Gasteiger partial charge in [0.15, 0.2) is 5.69 Å². The van der Waals surface area contributed by atoms with Crippen LogP contribution in [0.5, 0.6) is 0 Å². The summed E-state index contributed by atoms with van der Waals surface area (Å²) >= 11 is 0. The number of nitrogens with one attached hydrogen (secondary N) is 1. The number of aromatic nitrogens is 3. The Labute approximate surface area is 173 Å². The SMILES string of the molecule is Cc1nn(-c2ccccc2)nc1C(=O)NCCCC[C@H](N)C(=O)N1CCC(F)(F)C1. The minimum absolute atomic E-state index is 0.0403. The summed E-state index contributed by atoms with van der Waals surface area (Å²) in [5.41, 5.74) is 7.38. The molecule has 0 bridgehead atoms. The van der Waals surface area contributed by atoms with E-state index in [4.69, 9.17) is 5.73 Å². The second kappa shape index (κ2) is 9.29. The van der Waals surface area contributed by atoms with Gasteiger partial charge in [-0.05, 0) is 38.3 Å². The number of hydrogen-bond acceptors (Lipinski definition) is 5. The molecule has 1 aromatic heterocycles. The molecule has 0 radical (unpaired) electrons. The smallest absolute Gasteiger partial charge is 0.273 e. The molecule has 0 spiro atoms. The van der Waals surface area contributed by atoms with Gasteiger partial charge >= 0.3 is 0 Å². The van der Waals surface area contributed by atoms with Crippen molar-refractivity contribution < 1.29 is 18.4 Å². The zero-order valence-corrected chi connectivity index (χ0v) is 16.9. The van der Waals surface area contributed by atoms with E-state index in [1.165, 1.54) is 4.80 Å². The van der Waals surface area contributed by atoms with Crippen molar-refractivity contribution in [2.45, 2.75) is 44.6 Å². The summed E-state index contributed by atoms with van der Waals surface area (Å²) in [5.74, 6) is -3.58. The van der Waals surface area contributed by atoms with Crippen LogP contribution in [0.4, 0.5) is 8.78 Å². The second-order valence-corrected chi connectivity index (χ2v) is 7.48. The molecule has 10 heteroatoms. The molecule has 0 saturated carbocycles. The van der Waals surface area contributed by atoms with Crippen molar-refractivity contribution in [1.29, 1.82) is 0 Å². The fourth-order valence-corrected chi connectivity index (χ4v) is 3.32. The Morgan fingerprint density at radius 3 is 2.63 bits per heavy atom. The van der Waals surface area contributed by atoms with Crippen molar-refractivity contribution in [3.05, 3.63) is 41.7 Å². The summed E-state index contributed by atoms with van der Waals surface area (Å²) in [7, 11) is 0. The number of nitrogens with two attached hydrogens (primary N) is 1.